The largest absolute Gasteiger partial charge is 0.338 e. The molecule has 0 spiro atoms. The van der Waals surface area contributed by atoms with Crippen molar-refractivity contribution in [3.05, 3.63) is 30.9 Å². The van der Waals surface area contributed by atoms with Gasteiger partial charge in [0.2, 0.25) is 16.0 Å². The molecule has 0 atom stereocenters. The Bertz CT molecular complexity index is 833. The Morgan fingerprint density at radius 1 is 1.03 bits per heavy atom. The zero-order chi connectivity index (χ0) is 20.5. The molecule has 0 bridgehead atoms. The van der Waals surface area contributed by atoms with E-state index in [1.807, 2.05) is 17.7 Å². The third-order valence-electron chi connectivity index (χ3n) is 4.99. The fourth-order valence-corrected chi connectivity index (χ4v) is 4.57. The summed E-state index contributed by atoms with van der Waals surface area (Å²) in [6.07, 6.45) is 10.5. The third kappa shape index (κ3) is 6.97. The molecule has 10 heteroatoms. The van der Waals surface area contributed by atoms with Crippen molar-refractivity contribution in [1.29, 1.82) is 0 Å². The van der Waals surface area contributed by atoms with Crippen molar-refractivity contribution in [3.8, 4) is 0 Å². The van der Waals surface area contributed by atoms with Crippen LogP contribution in [-0.4, -0.2) is 71.5 Å². The highest BCUT2D eigenvalue weighted by molar-refractivity contribution is 7.92. The van der Waals surface area contributed by atoms with Crippen molar-refractivity contribution in [2.24, 2.45) is 0 Å². The normalized spacial score (nSPS) is 15.6. The minimum atomic E-state index is -3.27. The van der Waals surface area contributed by atoms with Crippen molar-refractivity contribution >= 4 is 21.7 Å². The number of hydrogen-bond donors (Lipinski definition) is 1. The smallest absolute Gasteiger partial charge is 0.232 e. The van der Waals surface area contributed by atoms with Gasteiger partial charge >= 0.3 is 0 Å². The van der Waals surface area contributed by atoms with E-state index in [-0.39, 0.29) is 5.75 Å². The molecule has 1 N–H and O–H groups in total. The molecular formula is C19H31N7O2S. The Labute approximate surface area is 173 Å². The van der Waals surface area contributed by atoms with E-state index in [4.69, 9.17) is 0 Å². The molecular weight excluding hydrogens is 390 g/mol. The fourth-order valence-electron chi connectivity index (χ4n) is 3.34. The van der Waals surface area contributed by atoms with Crippen molar-refractivity contribution in [2.75, 3.05) is 48.1 Å². The molecule has 0 aliphatic carbocycles. The van der Waals surface area contributed by atoms with E-state index in [1.54, 1.807) is 24.8 Å². The number of aromatic nitrogens is 4. The van der Waals surface area contributed by atoms with Gasteiger partial charge in [0.1, 0.15) is 0 Å². The van der Waals surface area contributed by atoms with E-state index in [1.165, 1.54) is 0 Å². The molecule has 0 unspecified atom stereocenters. The number of sulfonamides is 1. The minimum Gasteiger partial charge on any atom is -0.338 e. The number of piperazine rings is 1. The van der Waals surface area contributed by atoms with E-state index in [2.05, 4.69) is 29.6 Å². The summed E-state index contributed by atoms with van der Waals surface area (Å²) in [5.74, 6) is 0.963. The van der Waals surface area contributed by atoms with E-state index < -0.39 is 10.0 Å². The lowest BCUT2D eigenvalue weighted by Gasteiger charge is -2.34. The van der Waals surface area contributed by atoms with Gasteiger partial charge in [0.25, 0.3) is 0 Å². The molecule has 2 aromatic rings. The molecule has 1 aliphatic heterocycles. The maximum Gasteiger partial charge on any atom is 0.232 e. The average Bonchev–Trinajstić information content (AvgIpc) is 3.17. The van der Waals surface area contributed by atoms with Crippen LogP contribution in [0.3, 0.4) is 0 Å². The van der Waals surface area contributed by atoms with Crippen molar-refractivity contribution < 1.29 is 8.42 Å². The Morgan fingerprint density at radius 2 is 1.76 bits per heavy atom. The van der Waals surface area contributed by atoms with Crippen LogP contribution in [0.4, 0.5) is 11.6 Å². The summed E-state index contributed by atoms with van der Waals surface area (Å²) in [5, 5.41) is 4.26. The Morgan fingerprint density at radius 3 is 2.48 bits per heavy atom. The van der Waals surface area contributed by atoms with Gasteiger partial charge in [0.05, 0.1) is 17.6 Å². The lowest BCUT2D eigenvalue weighted by Crippen LogP contribution is -2.47. The summed E-state index contributed by atoms with van der Waals surface area (Å²) in [6, 6.07) is 1.84. The molecule has 1 fully saturated rings. The van der Waals surface area contributed by atoms with Gasteiger partial charge in [0.15, 0.2) is 0 Å². The van der Waals surface area contributed by atoms with Crippen LogP contribution in [0.2, 0.25) is 0 Å². The standard InChI is InChI=1S/C19H31N7O2S/c1-2-3-15-29(27,28)23-18-16-22-26(17-18)10-5-4-9-24-11-13-25(14-12-24)19-20-7-6-8-21-19/h6-8,16-17,23H,2-5,9-15H2,1H3. The molecule has 9 nitrogen and oxygen atoms in total. The Hall–Kier alpha value is -2.20. The first-order valence-corrected chi connectivity index (χ1v) is 12.0. The molecule has 1 saturated heterocycles. The number of nitrogens with one attached hydrogen (secondary N) is 1. The first-order valence-electron chi connectivity index (χ1n) is 10.3. The van der Waals surface area contributed by atoms with Gasteiger partial charge in [-0.3, -0.25) is 14.3 Å². The summed E-state index contributed by atoms with van der Waals surface area (Å²) >= 11 is 0. The zero-order valence-corrected chi connectivity index (χ0v) is 17.9. The van der Waals surface area contributed by atoms with Gasteiger partial charge in [0, 0.05) is 51.3 Å². The molecule has 3 heterocycles. The van der Waals surface area contributed by atoms with Gasteiger partial charge in [-0.25, -0.2) is 18.4 Å². The predicted octanol–water partition coefficient (Wildman–Crippen LogP) is 1.82. The Kier molecular flexibility index (Phi) is 7.82. The van der Waals surface area contributed by atoms with Crippen LogP contribution in [0.5, 0.6) is 0 Å². The summed E-state index contributed by atoms with van der Waals surface area (Å²) in [5.41, 5.74) is 0.542. The molecule has 0 amide bonds. The highest BCUT2D eigenvalue weighted by Gasteiger charge is 2.18. The van der Waals surface area contributed by atoms with Gasteiger partial charge in [-0.2, -0.15) is 5.10 Å². The number of aryl methyl sites for hydroxylation is 1. The third-order valence-corrected chi connectivity index (χ3v) is 6.36. The van der Waals surface area contributed by atoms with Crippen LogP contribution < -0.4 is 9.62 Å². The topological polar surface area (TPSA) is 96.2 Å². The molecule has 2 aromatic heterocycles. The highest BCUT2D eigenvalue weighted by Crippen LogP contribution is 2.12. The number of anilines is 2. The molecule has 29 heavy (non-hydrogen) atoms. The molecule has 0 saturated carbocycles. The number of rotatable bonds is 11. The molecule has 0 aromatic carbocycles. The summed E-state index contributed by atoms with van der Waals surface area (Å²) in [4.78, 5) is 13.3. The predicted molar refractivity (Wildman–Crippen MR) is 114 cm³/mol. The number of unbranched alkanes of at least 4 members (excludes halogenated alkanes) is 2. The first-order chi connectivity index (χ1) is 14.1. The van der Waals surface area contributed by atoms with Crippen LogP contribution in [0.25, 0.3) is 0 Å². The molecule has 160 valence electrons. The molecule has 3 rings (SSSR count). The first kappa shape index (κ1) is 21.5. The molecule has 0 radical (unpaired) electrons. The van der Waals surface area contributed by atoms with Crippen LogP contribution >= 0.6 is 0 Å². The second kappa shape index (κ2) is 10.5. The Balaban J connectivity index is 1.33. The monoisotopic (exact) mass is 421 g/mol. The number of hydrogen-bond acceptors (Lipinski definition) is 7. The fraction of sp³-hybridized carbons (Fsp3) is 0.632. The van der Waals surface area contributed by atoms with Gasteiger partial charge in [-0.1, -0.05) is 13.3 Å². The minimum absolute atomic E-state index is 0.151. The summed E-state index contributed by atoms with van der Waals surface area (Å²) in [7, 11) is -3.27. The van der Waals surface area contributed by atoms with Gasteiger partial charge in [-0.05, 0) is 31.9 Å². The maximum absolute atomic E-state index is 12.0. The highest BCUT2D eigenvalue weighted by atomic mass is 32.2. The van der Waals surface area contributed by atoms with Crippen LogP contribution in [-0.2, 0) is 16.6 Å². The van der Waals surface area contributed by atoms with E-state index in [0.717, 1.165) is 64.5 Å². The van der Waals surface area contributed by atoms with E-state index in [9.17, 15) is 8.42 Å². The van der Waals surface area contributed by atoms with Crippen molar-refractivity contribution in [1.82, 2.24) is 24.6 Å². The lowest BCUT2D eigenvalue weighted by molar-refractivity contribution is 0.249. The average molecular weight is 422 g/mol. The second-order valence-electron chi connectivity index (χ2n) is 7.35. The summed E-state index contributed by atoms with van der Waals surface area (Å²) in [6.45, 7) is 7.75. The van der Waals surface area contributed by atoms with Gasteiger partial charge in [-0.15, -0.1) is 0 Å². The lowest BCUT2D eigenvalue weighted by atomic mass is 10.2. The van der Waals surface area contributed by atoms with E-state index in [0.29, 0.717) is 12.1 Å². The quantitative estimate of drug-likeness (QED) is 0.553. The summed E-state index contributed by atoms with van der Waals surface area (Å²) < 4.78 is 28.3. The van der Waals surface area contributed by atoms with E-state index >= 15 is 0 Å². The van der Waals surface area contributed by atoms with Crippen LogP contribution in [0, 0.1) is 0 Å². The van der Waals surface area contributed by atoms with Crippen LogP contribution in [0.15, 0.2) is 30.9 Å². The van der Waals surface area contributed by atoms with Crippen LogP contribution in [0.1, 0.15) is 32.6 Å². The SMILES string of the molecule is CCCCS(=O)(=O)Nc1cnn(CCCCN2CCN(c3ncccn3)CC2)c1. The number of nitrogens with zero attached hydrogens (tertiary/aromatic N) is 6. The van der Waals surface area contributed by atoms with Gasteiger partial charge < -0.3 is 4.90 Å². The molecule has 1 aliphatic rings. The second-order valence-corrected chi connectivity index (χ2v) is 9.19. The van der Waals surface area contributed by atoms with Crippen molar-refractivity contribution in [2.45, 2.75) is 39.2 Å². The zero-order valence-electron chi connectivity index (χ0n) is 17.1. The maximum atomic E-state index is 12.0. The van der Waals surface area contributed by atoms with Crippen molar-refractivity contribution in [3.63, 3.8) is 0 Å².